The maximum absolute atomic E-state index is 14.1. The van der Waals surface area contributed by atoms with Crippen LogP contribution in [0.4, 0.5) is 0 Å². The molecule has 0 heterocycles. The first-order chi connectivity index (χ1) is 33.0. The van der Waals surface area contributed by atoms with Crippen LogP contribution >= 0.6 is 0 Å². The SMILES string of the molecule is Cc1cc(Cc2cc(C)c(OC(C)C(C)(C)C(=O)c3ccc(C(=O)Oc4c(C)cc(Cc5cc(C)c(OC(C)(C)C)c(C)c5)cc4C)cc3)c(C)c2)cc(C)c1OC(=O)c1ccc(C(=O)C(C)(C)C)cc1. The molecular weight excluding hydrogens is 885 g/mol. The molecular formula is C63H72O8. The molecule has 6 rings (SSSR count). The van der Waals surface area contributed by atoms with E-state index in [-0.39, 0.29) is 17.2 Å². The summed E-state index contributed by atoms with van der Waals surface area (Å²) in [6, 6.07) is 30.0. The highest BCUT2D eigenvalue weighted by Gasteiger charge is 2.37. The van der Waals surface area contributed by atoms with Gasteiger partial charge in [-0.25, -0.2) is 9.59 Å². The van der Waals surface area contributed by atoms with Crippen LogP contribution in [0.5, 0.6) is 23.0 Å². The molecule has 1 atom stereocenters. The van der Waals surface area contributed by atoms with Crippen LogP contribution in [-0.4, -0.2) is 35.2 Å². The summed E-state index contributed by atoms with van der Waals surface area (Å²) < 4.78 is 24.7. The van der Waals surface area contributed by atoms with Gasteiger partial charge in [0.05, 0.1) is 16.5 Å². The number of hydrogen-bond acceptors (Lipinski definition) is 8. The molecule has 0 bridgehead atoms. The first-order valence-corrected chi connectivity index (χ1v) is 24.5. The van der Waals surface area contributed by atoms with Crippen molar-refractivity contribution in [3.8, 4) is 23.0 Å². The zero-order valence-electron chi connectivity index (χ0n) is 45.0. The Labute approximate surface area is 422 Å². The predicted octanol–water partition coefficient (Wildman–Crippen LogP) is 14.9. The topological polar surface area (TPSA) is 105 Å². The Morgan fingerprint density at radius 1 is 0.408 bits per heavy atom. The van der Waals surface area contributed by atoms with E-state index >= 15 is 0 Å². The Bertz CT molecular complexity index is 2920. The molecule has 71 heavy (non-hydrogen) atoms. The molecule has 0 saturated carbocycles. The molecule has 0 spiro atoms. The lowest BCUT2D eigenvalue weighted by atomic mass is 9.79. The summed E-state index contributed by atoms with van der Waals surface area (Å²) in [5.74, 6) is 1.63. The van der Waals surface area contributed by atoms with Gasteiger partial charge in [-0.3, -0.25) is 9.59 Å². The van der Waals surface area contributed by atoms with Gasteiger partial charge in [0, 0.05) is 16.5 Å². The van der Waals surface area contributed by atoms with Crippen molar-refractivity contribution in [2.24, 2.45) is 10.8 Å². The van der Waals surface area contributed by atoms with Crippen LogP contribution in [-0.2, 0) is 12.8 Å². The molecule has 6 aromatic carbocycles. The van der Waals surface area contributed by atoms with Crippen LogP contribution in [0.15, 0.2) is 97.1 Å². The van der Waals surface area contributed by atoms with Crippen LogP contribution in [0.3, 0.4) is 0 Å². The zero-order chi connectivity index (χ0) is 52.5. The Kier molecular flexibility index (Phi) is 15.8. The fraction of sp³-hybridized carbons (Fsp3) is 0.365. The standard InChI is InChI=1S/C63H72O8/c1-36-26-45(34-46-28-38(3)54(39(4)29-46)69-59(66)51-22-18-49(19-23-51)57(64)61(10,11)12)27-37(2)53(36)68-44(9)63(16,17)58(65)50-20-24-52(25-21-50)60(67)70-55-40(5)30-47(31-41(55)6)35-48-32-42(7)56(43(8)33-48)71-62(13,14)15/h18-33,44H,34-35H2,1-17H3. The van der Waals surface area contributed by atoms with Crippen molar-refractivity contribution in [1.82, 2.24) is 0 Å². The summed E-state index contributed by atoms with van der Waals surface area (Å²) in [5, 5.41) is 0. The average Bonchev–Trinajstić information content (AvgIpc) is 3.27. The molecule has 0 N–H and O–H groups in total. The molecule has 372 valence electrons. The van der Waals surface area contributed by atoms with Crippen molar-refractivity contribution in [2.45, 2.75) is 142 Å². The number of aryl methyl sites for hydroxylation is 8. The lowest BCUT2D eigenvalue weighted by Crippen LogP contribution is -2.39. The number of esters is 2. The minimum Gasteiger partial charge on any atom is -0.489 e. The van der Waals surface area contributed by atoms with Crippen LogP contribution < -0.4 is 18.9 Å². The molecule has 0 aromatic heterocycles. The van der Waals surface area contributed by atoms with Crippen molar-refractivity contribution in [3.05, 3.63) is 186 Å². The van der Waals surface area contributed by atoms with Crippen molar-refractivity contribution in [1.29, 1.82) is 0 Å². The monoisotopic (exact) mass is 957 g/mol. The van der Waals surface area contributed by atoms with E-state index in [0.29, 0.717) is 40.2 Å². The minimum atomic E-state index is -0.913. The second-order valence-electron chi connectivity index (χ2n) is 22.1. The summed E-state index contributed by atoms with van der Waals surface area (Å²) in [6.07, 6.45) is 0.895. The van der Waals surface area contributed by atoms with Gasteiger partial charge in [-0.1, -0.05) is 93.6 Å². The van der Waals surface area contributed by atoms with Gasteiger partial charge in [0.1, 0.15) is 34.7 Å². The van der Waals surface area contributed by atoms with Crippen LogP contribution in [0.25, 0.3) is 0 Å². The molecule has 0 aliphatic heterocycles. The minimum absolute atomic E-state index is 0.00975. The predicted molar refractivity (Wildman–Crippen MR) is 284 cm³/mol. The average molecular weight is 957 g/mol. The number of ketones is 2. The first-order valence-electron chi connectivity index (χ1n) is 24.5. The van der Waals surface area contributed by atoms with Crippen LogP contribution in [0, 0.1) is 66.2 Å². The van der Waals surface area contributed by atoms with Gasteiger partial charge in [-0.05, 0) is 201 Å². The van der Waals surface area contributed by atoms with E-state index in [1.807, 2.05) is 95.2 Å². The summed E-state index contributed by atoms with van der Waals surface area (Å²) >= 11 is 0. The van der Waals surface area contributed by atoms with E-state index in [1.165, 1.54) is 5.56 Å². The Morgan fingerprint density at radius 3 is 1.00 bits per heavy atom. The van der Waals surface area contributed by atoms with E-state index in [0.717, 1.165) is 79.1 Å². The van der Waals surface area contributed by atoms with Crippen molar-refractivity contribution in [2.75, 3.05) is 0 Å². The van der Waals surface area contributed by atoms with Crippen LogP contribution in [0.2, 0.25) is 0 Å². The Morgan fingerprint density at radius 2 is 0.690 bits per heavy atom. The molecule has 0 aliphatic carbocycles. The summed E-state index contributed by atoms with van der Waals surface area (Å²) in [5.41, 5.74) is 12.0. The van der Waals surface area contributed by atoms with Gasteiger partial charge in [0.25, 0.3) is 0 Å². The smallest absolute Gasteiger partial charge is 0.343 e. The largest absolute Gasteiger partial charge is 0.489 e. The number of ether oxygens (including phenoxy) is 4. The normalized spacial score (nSPS) is 12.3. The molecule has 0 aliphatic rings. The quantitative estimate of drug-likeness (QED) is 0.0569. The third-order valence-corrected chi connectivity index (χ3v) is 13.0. The van der Waals surface area contributed by atoms with Gasteiger partial charge in [-0.15, -0.1) is 0 Å². The Balaban J connectivity index is 1.06. The van der Waals surface area contributed by atoms with Crippen molar-refractivity contribution in [3.63, 3.8) is 0 Å². The van der Waals surface area contributed by atoms with E-state index < -0.39 is 28.9 Å². The highest BCUT2D eigenvalue weighted by Crippen LogP contribution is 2.36. The highest BCUT2D eigenvalue weighted by atomic mass is 16.5. The number of hydrogen-bond donors (Lipinski definition) is 0. The van der Waals surface area contributed by atoms with E-state index in [4.69, 9.17) is 18.9 Å². The third kappa shape index (κ3) is 12.8. The van der Waals surface area contributed by atoms with E-state index in [9.17, 15) is 19.2 Å². The molecule has 0 fully saturated rings. The lowest BCUT2D eigenvalue weighted by Gasteiger charge is -2.32. The number of rotatable bonds is 15. The number of carbonyl (C=O) groups is 4. The summed E-state index contributed by atoms with van der Waals surface area (Å²) in [4.78, 5) is 53.4. The molecule has 0 radical (unpaired) electrons. The van der Waals surface area contributed by atoms with E-state index in [1.54, 1.807) is 48.5 Å². The maximum Gasteiger partial charge on any atom is 0.343 e. The molecule has 0 amide bonds. The molecule has 0 saturated heterocycles. The number of carbonyl (C=O) groups excluding carboxylic acids is 4. The van der Waals surface area contributed by atoms with Crippen molar-refractivity contribution < 1.29 is 38.1 Å². The number of benzene rings is 6. The van der Waals surface area contributed by atoms with Gasteiger partial charge in [0.15, 0.2) is 11.6 Å². The van der Waals surface area contributed by atoms with Gasteiger partial charge < -0.3 is 18.9 Å². The molecule has 8 nitrogen and oxygen atoms in total. The van der Waals surface area contributed by atoms with Gasteiger partial charge >= 0.3 is 11.9 Å². The highest BCUT2D eigenvalue weighted by molar-refractivity contribution is 6.02. The van der Waals surface area contributed by atoms with Crippen molar-refractivity contribution >= 4 is 23.5 Å². The van der Waals surface area contributed by atoms with Gasteiger partial charge in [0.2, 0.25) is 0 Å². The maximum atomic E-state index is 14.1. The second kappa shape index (κ2) is 20.9. The van der Waals surface area contributed by atoms with Gasteiger partial charge in [-0.2, -0.15) is 0 Å². The fourth-order valence-electron chi connectivity index (χ4n) is 9.15. The molecule has 8 heteroatoms. The first kappa shape index (κ1) is 53.5. The third-order valence-electron chi connectivity index (χ3n) is 13.0. The molecule has 6 aromatic rings. The fourth-order valence-corrected chi connectivity index (χ4v) is 9.15. The van der Waals surface area contributed by atoms with E-state index in [2.05, 4.69) is 71.0 Å². The Hall–Kier alpha value is -6.80. The summed E-state index contributed by atoms with van der Waals surface area (Å²) in [6.45, 7) is 33.4. The zero-order valence-corrected chi connectivity index (χ0v) is 45.0. The lowest BCUT2D eigenvalue weighted by molar-refractivity contribution is 0.0553. The molecule has 1 unspecified atom stereocenters. The summed E-state index contributed by atoms with van der Waals surface area (Å²) in [7, 11) is 0. The number of Topliss-reactive ketones (excluding diaryl/α,β-unsaturated/α-hetero) is 2. The van der Waals surface area contributed by atoms with Crippen LogP contribution in [0.1, 0.15) is 171 Å². The second-order valence-corrected chi connectivity index (χ2v) is 22.1.